The smallest absolute Gasteiger partial charge is 0.321 e. The summed E-state index contributed by atoms with van der Waals surface area (Å²) < 4.78 is 2.06. The first-order valence-corrected chi connectivity index (χ1v) is 8.07. The molecule has 1 aromatic heterocycles. The van der Waals surface area contributed by atoms with Gasteiger partial charge in [0.05, 0.1) is 6.54 Å². The summed E-state index contributed by atoms with van der Waals surface area (Å²) in [6.45, 7) is 2.56. The first-order chi connectivity index (χ1) is 11.7. The Kier molecular flexibility index (Phi) is 3.64. The molecule has 0 bridgehead atoms. The summed E-state index contributed by atoms with van der Waals surface area (Å²) in [6, 6.07) is 6.92. The summed E-state index contributed by atoms with van der Waals surface area (Å²) in [5.41, 5.74) is 1.34. The number of nitrogens with zero attached hydrogens (tertiary/aromatic N) is 4. The van der Waals surface area contributed by atoms with Gasteiger partial charge in [-0.1, -0.05) is 0 Å². The summed E-state index contributed by atoms with van der Waals surface area (Å²) >= 11 is 0. The van der Waals surface area contributed by atoms with Crippen molar-refractivity contribution < 1.29 is 9.59 Å². The van der Waals surface area contributed by atoms with Crippen molar-refractivity contribution in [2.24, 2.45) is 0 Å². The highest BCUT2D eigenvalue weighted by Gasteiger charge is 2.21. The number of aryl methyl sites for hydroxylation is 1. The highest BCUT2D eigenvalue weighted by molar-refractivity contribution is 5.96. The molecule has 2 aliphatic heterocycles. The number of benzene rings is 1. The molecule has 2 aromatic rings. The van der Waals surface area contributed by atoms with Gasteiger partial charge >= 0.3 is 6.03 Å². The Balaban J connectivity index is 1.40. The molecule has 0 radical (unpaired) electrons. The lowest BCUT2D eigenvalue weighted by Crippen LogP contribution is -2.28. The Labute approximate surface area is 138 Å². The Morgan fingerprint density at radius 3 is 2.79 bits per heavy atom. The van der Waals surface area contributed by atoms with Crippen molar-refractivity contribution in [3.63, 3.8) is 0 Å². The van der Waals surface area contributed by atoms with Crippen LogP contribution in [0.5, 0.6) is 0 Å². The van der Waals surface area contributed by atoms with Crippen LogP contribution >= 0.6 is 0 Å². The molecule has 8 heteroatoms. The predicted molar refractivity (Wildman–Crippen MR) is 86.7 cm³/mol. The van der Waals surface area contributed by atoms with E-state index in [1.54, 1.807) is 29.2 Å². The van der Waals surface area contributed by atoms with Crippen molar-refractivity contribution in [2.45, 2.75) is 25.9 Å². The number of nitrogens with one attached hydrogen (secondary N) is 2. The summed E-state index contributed by atoms with van der Waals surface area (Å²) in [4.78, 5) is 25.6. The third-order valence-electron chi connectivity index (χ3n) is 4.39. The van der Waals surface area contributed by atoms with E-state index in [1.807, 2.05) is 0 Å². The summed E-state index contributed by atoms with van der Waals surface area (Å²) in [7, 11) is 0. The molecule has 0 atom stereocenters. The number of carbonyl (C=O) groups excluding carboxylic acids is 2. The zero-order valence-electron chi connectivity index (χ0n) is 13.2. The van der Waals surface area contributed by atoms with Gasteiger partial charge in [-0.25, -0.2) is 4.79 Å². The van der Waals surface area contributed by atoms with Crippen molar-refractivity contribution in [3.05, 3.63) is 41.5 Å². The maximum atomic E-state index is 12.3. The first kappa shape index (κ1) is 14.7. The summed E-state index contributed by atoms with van der Waals surface area (Å²) in [5, 5.41) is 13.9. The van der Waals surface area contributed by atoms with Crippen LogP contribution in [-0.2, 0) is 19.5 Å². The van der Waals surface area contributed by atoms with Gasteiger partial charge in [0.1, 0.15) is 5.82 Å². The molecule has 3 amide bonds. The van der Waals surface area contributed by atoms with Crippen molar-refractivity contribution >= 4 is 17.6 Å². The number of carbonyl (C=O) groups is 2. The maximum absolute atomic E-state index is 12.3. The predicted octanol–water partition coefficient (Wildman–Crippen LogP) is 0.684. The Morgan fingerprint density at radius 1 is 1.21 bits per heavy atom. The number of aromatic nitrogens is 3. The minimum atomic E-state index is -0.164. The van der Waals surface area contributed by atoms with Crippen molar-refractivity contribution in [3.8, 4) is 0 Å². The molecule has 1 aromatic carbocycles. The van der Waals surface area contributed by atoms with Crippen LogP contribution in [0.15, 0.2) is 24.3 Å². The lowest BCUT2D eigenvalue weighted by molar-refractivity contribution is 0.0949. The fourth-order valence-electron chi connectivity index (χ4n) is 3.11. The van der Waals surface area contributed by atoms with Gasteiger partial charge in [0.25, 0.3) is 5.91 Å². The van der Waals surface area contributed by atoms with Crippen LogP contribution in [0.2, 0.25) is 0 Å². The molecule has 0 spiro atoms. The third-order valence-corrected chi connectivity index (χ3v) is 4.39. The van der Waals surface area contributed by atoms with E-state index in [9.17, 15) is 9.59 Å². The van der Waals surface area contributed by atoms with Crippen molar-refractivity contribution in [1.29, 1.82) is 0 Å². The van der Waals surface area contributed by atoms with Gasteiger partial charge in [-0.3, -0.25) is 9.69 Å². The second-order valence-electron chi connectivity index (χ2n) is 5.90. The van der Waals surface area contributed by atoms with Crippen LogP contribution < -0.4 is 15.5 Å². The standard InChI is InChI=1S/C16H18N6O2/c23-15(18-10-14-20-19-13-2-1-8-22(13)14)11-3-5-12(6-4-11)21-9-7-17-16(21)24/h3-6H,1-2,7-10H2,(H,17,24)(H,18,23). The Bertz CT molecular complexity index is 782. The Hall–Kier alpha value is -2.90. The molecule has 0 aliphatic carbocycles. The minimum absolute atomic E-state index is 0.104. The number of hydrogen-bond acceptors (Lipinski definition) is 4. The number of hydrogen-bond donors (Lipinski definition) is 2. The van der Waals surface area contributed by atoms with E-state index in [2.05, 4.69) is 25.4 Å². The molecule has 3 heterocycles. The monoisotopic (exact) mass is 326 g/mol. The molecular formula is C16H18N6O2. The normalized spacial score (nSPS) is 16.2. The molecule has 0 unspecified atom stereocenters. The number of anilines is 1. The van der Waals surface area contributed by atoms with Gasteiger partial charge in [-0.05, 0) is 30.7 Å². The topological polar surface area (TPSA) is 92.2 Å². The maximum Gasteiger partial charge on any atom is 0.321 e. The molecule has 2 aliphatic rings. The third kappa shape index (κ3) is 2.60. The highest BCUT2D eigenvalue weighted by atomic mass is 16.2. The van der Waals surface area contributed by atoms with E-state index in [4.69, 9.17) is 0 Å². The van der Waals surface area contributed by atoms with E-state index >= 15 is 0 Å². The second kappa shape index (κ2) is 5.95. The van der Waals surface area contributed by atoms with Crippen LogP contribution in [-0.4, -0.2) is 39.8 Å². The number of amides is 3. The first-order valence-electron chi connectivity index (χ1n) is 8.07. The van der Waals surface area contributed by atoms with Gasteiger partial charge < -0.3 is 15.2 Å². The summed E-state index contributed by atoms with van der Waals surface area (Å²) in [6.07, 6.45) is 2.03. The second-order valence-corrected chi connectivity index (χ2v) is 5.90. The molecule has 124 valence electrons. The van der Waals surface area contributed by atoms with Crippen LogP contribution in [0.4, 0.5) is 10.5 Å². The van der Waals surface area contributed by atoms with Crippen LogP contribution in [0.1, 0.15) is 28.4 Å². The zero-order valence-corrected chi connectivity index (χ0v) is 13.2. The van der Waals surface area contributed by atoms with E-state index < -0.39 is 0 Å². The van der Waals surface area contributed by atoms with E-state index in [0.717, 1.165) is 36.7 Å². The quantitative estimate of drug-likeness (QED) is 0.864. The van der Waals surface area contributed by atoms with Gasteiger partial charge in [0, 0.05) is 37.3 Å². The number of urea groups is 1. The molecule has 4 rings (SSSR count). The lowest BCUT2D eigenvalue weighted by atomic mass is 10.2. The van der Waals surface area contributed by atoms with Gasteiger partial charge in [0.15, 0.2) is 5.82 Å². The average molecular weight is 326 g/mol. The zero-order chi connectivity index (χ0) is 16.5. The highest BCUT2D eigenvalue weighted by Crippen LogP contribution is 2.17. The molecule has 1 saturated heterocycles. The van der Waals surface area contributed by atoms with Crippen molar-refractivity contribution in [2.75, 3.05) is 18.0 Å². The molecule has 2 N–H and O–H groups in total. The van der Waals surface area contributed by atoms with Crippen LogP contribution in [0, 0.1) is 0 Å². The van der Waals surface area contributed by atoms with E-state index in [1.165, 1.54) is 0 Å². The van der Waals surface area contributed by atoms with Crippen LogP contribution in [0.25, 0.3) is 0 Å². The Morgan fingerprint density at radius 2 is 2.04 bits per heavy atom. The van der Waals surface area contributed by atoms with Gasteiger partial charge in [-0.2, -0.15) is 0 Å². The minimum Gasteiger partial charge on any atom is -0.345 e. The number of fused-ring (bicyclic) bond motifs is 1. The number of rotatable bonds is 4. The molecule has 1 fully saturated rings. The largest absolute Gasteiger partial charge is 0.345 e. The van der Waals surface area contributed by atoms with Crippen molar-refractivity contribution in [1.82, 2.24) is 25.4 Å². The van der Waals surface area contributed by atoms with E-state index in [0.29, 0.717) is 25.2 Å². The fourth-order valence-corrected chi connectivity index (χ4v) is 3.11. The molecule has 0 saturated carbocycles. The average Bonchev–Trinajstić information content (AvgIpc) is 3.30. The van der Waals surface area contributed by atoms with E-state index in [-0.39, 0.29) is 11.9 Å². The SMILES string of the molecule is O=C(NCc1nnc2n1CCC2)c1ccc(N2CCNC2=O)cc1. The van der Waals surface area contributed by atoms with Gasteiger partial charge in [0.2, 0.25) is 0 Å². The summed E-state index contributed by atoms with van der Waals surface area (Å²) in [5.74, 6) is 1.62. The molecule has 8 nitrogen and oxygen atoms in total. The lowest BCUT2D eigenvalue weighted by Gasteiger charge is -2.14. The van der Waals surface area contributed by atoms with Crippen LogP contribution in [0.3, 0.4) is 0 Å². The fraction of sp³-hybridized carbons (Fsp3) is 0.375. The van der Waals surface area contributed by atoms with Gasteiger partial charge in [-0.15, -0.1) is 10.2 Å². The molecular weight excluding hydrogens is 308 g/mol. The molecule has 24 heavy (non-hydrogen) atoms.